The van der Waals surface area contributed by atoms with E-state index in [-0.39, 0.29) is 23.7 Å². The van der Waals surface area contributed by atoms with Crippen LogP contribution in [0.3, 0.4) is 0 Å². The van der Waals surface area contributed by atoms with Crippen LogP contribution >= 0.6 is 0 Å². The van der Waals surface area contributed by atoms with Gasteiger partial charge in [-0.05, 0) is 32.0 Å². The van der Waals surface area contributed by atoms with Crippen molar-refractivity contribution in [3.05, 3.63) is 30.1 Å². The van der Waals surface area contributed by atoms with E-state index >= 15 is 0 Å². The molecule has 0 bridgehead atoms. The number of amides is 1. The molecule has 1 atom stereocenters. The van der Waals surface area contributed by atoms with Crippen molar-refractivity contribution in [2.24, 2.45) is 0 Å². The van der Waals surface area contributed by atoms with Crippen molar-refractivity contribution in [2.75, 3.05) is 54.9 Å². The summed E-state index contributed by atoms with van der Waals surface area (Å²) in [5.41, 5.74) is 1.41. The summed E-state index contributed by atoms with van der Waals surface area (Å²) < 4.78 is 0. The molecule has 10 heteroatoms. The summed E-state index contributed by atoms with van der Waals surface area (Å²) in [5.74, 6) is 1.44. The van der Waals surface area contributed by atoms with Gasteiger partial charge in [0.25, 0.3) is 0 Å². The van der Waals surface area contributed by atoms with Crippen molar-refractivity contribution in [3.8, 4) is 0 Å². The van der Waals surface area contributed by atoms with Crippen molar-refractivity contribution in [2.45, 2.75) is 50.1 Å². The lowest BCUT2D eigenvalue weighted by atomic mass is 9.76. The second-order valence-corrected chi connectivity index (χ2v) is 10.3. The number of rotatable bonds is 3. The second kappa shape index (κ2) is 8.75. The van der Waals surface area contributed by atoms with Gasteiger partial charge in [0.1, 0.15) is 17.7 Å². The Kier molecular flexibility index (Phi) is 5.55. The highest BCUT2D eigenvalue weighted by atomic mass is 16.2. The Hall–Kier alpha value is -3.27. The number of carbonyl (C=O) groups excluding carboxylic acids is 2. The summed E-state index contributed by atoms with van der Waals surface area (Å²) in [6, 6.07) is 3.48. The molecule has 2 aromatic rings. The quantitative estimate of drug-likeness (QED) is 0.687. The van der Waals surface area contributed by atoms with Gasteiger partial charge >= 0.3 is 0 Å². The molecule has 6 rings (SSSR count). The highest BCUT2D eigenvalue weighted by Gasteiger charge is 2.51. The first-order valence-corrected chi connectivity index (χ1v) is 12.7. The SMILES string of the molecule is CN1CCN(c2ccc(Nc3ncc4c(n3)N3C(CC4=O)C(=O)NCC34CCCCC4)nc2)CC1. The van der Waals surface area contributed by atoms with Gasteiger partial charge in [-0.25, -0.2) is 9.97 Å². The minimum Gasteiger partial charge on any atom is -0.368 e. The van der Waals surface area contributed by atoms with Crippen molar-refractivity contribution in [1.29, 1.82) is 0 Å². The molecule has 2 aromatic heterocycles. The Morgan fingerprint density at radius 2 is 1.83 bits per heavy atom. The van der Waals surface area contributed by atoms with Crippen LogP contribution < -0.4 is 20.4 Å². The monoisotopic (exact) mass is 476 g/mol. The van der Waals surface area contributed by atoms with E-state index in [1.165, 1.54) is 6.42 Å². The Morgan fingerprint density at radius 3 is 2.57 bits per heavy atom. The van der Waals surface area contributed by atoms with E-state index in [4.69, 9.17) is 4.98 Å². The van der Waals surface area contributed by atoms with Crippen molar-refractivity contribution >= 4 is 35.0 Å². The molecule has 2 saturated heterocycles. The predicted molar refractivity (Wildman–Crippen MR) is 133 cm³/mol. The Labute approximate surface area is 205 Å². The summed E-state index contributed by atoms with van der Waals surface area (Å²) in [7, 11) is 2.14. The molecule has 3 fully saturated rings. The number of nitrogens with zero attached hydrogens (tertiary/aromatic N) is 6. The average molecular weight is 477 g/mol. The van der Waals surface area contributed by atoms with Gasteiger partial charge in [-0.2, -0.15) is 4.98 Å². The van der Waals surface area contributed by atoms with Crippen LogP contribution in [0.15, 0.2) is 24.5 Å². The standard InChI is InChI=1S/C25H32N8O2/c1-31-9-11-32(12-10-31)17-5-6-21(26-14-17)29-24-27-15-18-20(34)13-19-23(35)28-16-25(7-3-2-4-8-25)33(19)22(18)30-24/h5-6,14-15,19H,2-4,7-13,16H2,1H3,(H,28,35)(H,26,27,29,30). The number of piperazine rings is 2. The van der Waals surface area contributed by atoms with Crippen LogP contribution in [-0.2, 0) is 4.79 Å². The minimum absolute atomic E-state index is 0.0783. The Morgan fingerprint density at radius 1 is 1.03 bits per heavy atom. The number of ketones is 1. The van der Waals surface area contributed by atoms with Crippen molar-refractivity contribution in [1.82, 2.24) is 25.2 Å². The predicted octanol–water partition coefficient (Wildman–Crippen LogP) is 1.96. The molecule has 35 heavy (non-hydrogen) atoms. The number of aromatic nitrogens is 3. The van der Waals surface area contributed by atoms with Gasteiger partial charge in [0.05, 0.1) is 23.0 Å². The van der Waals surface area contributed by atoms with E-state index in [9.17, 15) is 9.59 Å². The van der Waals surface area contributed by atoms with Gasteiger partial charge in [-0.1, -0.05) is 19.3 Å². The van der Waals surface area contributed by atoms with E-state index in [2.05, 4.69) is 48.4 Å². The van der Waals surface area contributed by atoms with Crippen LogP contribution in [-0.4, -0.2) is 82.9 Å². The van der Waals surface area contributed by atoms with Gasteiger partial charge < -0.3 is 25.3 Å². The molecule has 1 spiro atoms. The van der Waals surface area contributed by atoms with E-state index in [0.717, 1.165) is 57.5 Å². The number of carbonyl (C=O) groups is 2. The third-order valence-electron chi connectivity index (χ3n) is 8.03. The molecule has 4 aliphatic rings. The van der Waals surface area contributed by atoms with Gasteiger partial charge in [-0.3, -0.25) is 9.59 Å². The molecule has 0 aromatic carbocycles. The first-order valence-electron chi connectivity index (χ1n) is 12.7. The molecule has 2 N–H and O–H groups in total. The molecule has 1 amide bonds. The molecule has 1 unspecified atom stereocenters. The summed E-state index contributed by atoms with van der Waals surface area (Å²) >= 11 is 0. The molecule has 5 heterocycles. The van der Waals surface area contributed by atoms with E-state index < -0.39 is 6.04 Å². The molecular weight excluding hydrogens is 444 g/mol. The normalized spacial score (nSPS) is 24.1. The van der Waals surface area contributed by atoms with Crippen molar-refractivity contribution < 1.29 is 9.59 Å². The zero-order chi connectivity index (χ0) is 24.0. The maximum atomic E-state index is 12.9. The number of nitrogens with one attached hydrogen (secondary N) is 2. The van der Waals surface area contributed by atoms with E-state index in [1.807, 2.05) is 12.3 Å². The summed E-state index contributed by atoms with van der Waals surface area (Å²) in [5, 5.41) is 6.28. The lowest BCUT2D eigenvalue weighted by Crippen LogP contribution is -2.70. The minimum atomic E-state index is -0.509. The van der Waals surface area contributed by atoms with Crippen molar-refractivity contribution in [3.63, 3.8) is 0 Å². The average Bonchev–Trinajstić information content (AvgIpc) is 2.88. The van der Waals surface area contributed by atoms with Gasteiger partial charge in [0.15, 0.2) is 5.78 Å². The van der Waals surface area contributed by atoms with Crippen LogP contribution in [0.4, 0.5) is 23.3 Å². The molecule has 184 valence electrons. The number of hydrogen-bond donors (Lipinski definition) is 2. The van der Waals surface area contributed by atoms with Crippen LogP contribution in [0, 0.1) is 0 Å². The summed E-state index contributed by atoms with van der Waals surface area (Å²) in [6.07, 6.45) is 9.05. The molecule has 3 aliphatic heterocycles. The lowest BCUT2D eigenvalue weighted by Gasteiger charge is -2.54. The second-order valence-electron chi connectivity index (χ2n) is 10.3. The number of pyridine rings is 1. The van der Waals surface area contributed by atoms with Gasteiger partial charge in [0.2, 0.25) is 11.9 Å². The fraction of sp³-hybridized carbons (Fsp3) is 0.560. The fourth-order valence-electron chi connectivity index (χ4n) is 6.01. The molecule has 10 nitrogen and oxygen atoms in total. The smallest absolute Gasteiger partial charge is 0.243 e. The molecular formula is C25H32N8O2. The van der Waals surface area contributed by atoms with E-state index in [1.54, 1.807) is 6.20 Å². The molecule has 1 aliphatic carbocycles. The summed E-state index contributed by atoms with van der Waals surface area (Å²) in [4.78, 5) is 46.3. The largest absolute Gasteiger partial charge is 0.368 e. The number of fused-ring (bicyclic) bond motifs is 4. The number of likely N-dealkylation sites (N-methyl/N-ethyl adjacent to an activating group) is 1. The number of Topliss-reactive ketones (excluding diaryl/α,β-unsaturated/α-hetero) is 1. The first kappa shape index (κ1) is 22.2. The van der Waals surface area contributed by atoms with Gasteiger partial charge in [0, 0.05) is 45.3 Å². The maximum Gasteiger partial charge on any atom is 0.243 e. The highest BCUT2D eigenvalue weighted by molar-refractivity contribution is 6.07. The Bertz CT molecular complexity index is 1120. The maximum absolute atomic E-state index is 12.9. The first-order chi connectivity index (χ1) is 17.0. The topological polar surface area (TPSA) is 107 Å². The van der Waals surface area contributed by atoms with Crippen LogP contribution in [0.25, 0.3) is 0 Å². The third-order valence-corrected chi connectivity index (χ3v) is 8.03. The third kappa shape index (κ3) is 3.99. The number of hydrogen-bond acceptors (Lipinski definition) is 9. The highest BCUT2D eigenvalue weighted by Crippen LogP contribution is 2.43. The molecule has 1 saturated carbocycles. The van der Waals surface area contributed by atoms with Gasteiger partial charge in [-0.15, -0.1) is 0 Å². The number of anilines is 4. The zero-order valence-electron chi connectivity index (χ0n) is 20.2. The van der Waals surface area contributed by atoms with Crippen LogP contribution in [0.2, 0.25) is 0 Å². The van der Waals surface area contributed by atoms with Crippen LogP contribution in [0.5, 0.6) is 0 Å². The lowest BCUT2D eigenvalue weighted by molar-refractivity contribution is -0.125. The fourth-order valence-corrected chi connectivity index (χ4v) is 6.01. The summed E-state index contributed by atoms with van der Waals surface area (Å²) in [6.45, 7) is 4.65. The molecule has 0 radical (unpaired) electrons. The zero-order valence-corrected chi connectivity index (χ0v) is 20.2. The van der Waals surface area contributed by atoms with E-state index in [0.29, 0.717) is 29.7 Å². The van der Waals surface area contributed by atoms with Crippen LogP contribution in [0.1, 0.15) is 48.9 Å². The Balaban J connectivity index is 1.28.